The van der Waals surface area contributed by atoms with E-state index in [-0.39, 0.29) is 10.8 Å². The van der Waals surface area contributed by atoms with Gasteiger partial charge in [0.1, 0.15) is 5.75 Å². The minimum Gasteiger partial charge on any atom is -0.497 e. The fraction of sp³-hybridized carbons (Fsp3) is 0.316. The van der Waals surface area contributed by atoms with Crippen molar-refractivity contribution >= 4 is 27.3 Å². The SMILES string of the molecule is CCCCCC(=O)Nc1ccc(S(=O)(=O)Nc2ccc(OC)cc2)cc1. The maximum absolute atomic E-state index is 12.4. The van der Waals surface area contributed by atoms with Crippen molar-refractivity contribution in [1.82, 2.24) is 0 Å². The van der Waals surface area contributed by atoms with Gasteiger partial charge in [0, 0.05) is 17.8 Å². The van der Waals surface area contributed by atoms with E-state index in [1.807, 2.05) is 0 Å². The monoisotopic (exact) mass is 376 g/mol. The van der Waals surface area contributed by atoms with Gasteiger partial charge in [-0.1, -0.05) is 19.8 Å². The first-order valence-corrected chi connectivity index (χ1v) is 9.99. The summed E-state index contributed by atoms with van der Waals surface area (Å²) in [5.41, 5.74) is 1.02. The summed E-state index contributed by atoms with van der Waals surface area (Å²) in [6, 6.07) is 12.7. The second-order valence-corrected chi connectivity index (χ2v) is 7.55. The van der Waals surface area contributed by atoms with Gasteiger partial charge in [-0.25, -0.2) is 8.42 Å². The smallest absolute Gasteiger partial charge is 0.261 e. The first kappa shape index (κ1) is 19.8. The average Bonchev–Trinajstić information content (AvgIpc) is 2.63. The number of sulfonamides is 1. The van der Waals surface area contributed by atoms with Gasteiger partial charge in [-0.3, -0.25) is 9.52 Å². The highest BCUT2D eigenvalue weighted by atomic mass is 32.2. The van der Waals surface area contributed by atoms with Crippen LogP contribution in [0.15, 0.2) is 53.4 Å². The summed E-state index contributed by atoms with van der Waals surface area (Å²) in [6.45, 7) is 2.08. The zero-order valence-corrected chi connectivity index (χ0v) is 15.8. The number of anilines is 2. The molecular formula is C19H24N2O4S. The quantitative estimate of drug-likeness (QED) is 0.648. The Morgan fingerprint density at radius 3 is 2.15 bits per heavy atom. The summed E-state index contributed by atoms with van der Waals surface area (Å²) in [5.74, 6) is 0.581. The molecule has 0 bridgehead atoms. The number of ether oxygens (including phenoxy) is 1. The third kappa shape index (κ3) is 5.77. The van der Waals surface area contributed by atoms with Crippen LogP contribution in [0.2, 0.25) is 0 Å². The van der Waals surface area contributed by atoms with Crippen LogP contribution >= 0.6 is 0 Å². The molecule has 0 heterocycles. The first-order chi connectivity index (χ1) is 12.4. The molecule has 26 heavy (non-hydrogen) atoms. The molecule has 2 rings (SSSR count). The van der Waals surface area contributed by atoms with Gasteiger partial charge in [0.05, 0.1) is 12.0 Å². The van der Waals surface area contributed by atoms with Crippen LogP contribution in [0.3, 0.4) is 0 Å². The average molecular weight is 376 g/mol. The Kier molecular flexibility index (Phi) is 7.03. The van der Waals surface area contributed by atoms with Crippen LogP contribution in [0.4, 0.5) is 11.4 Å². The van der Waals surface area contributed by atoms with Crippen molar-refractivity contribution in [2.75, 3.05) is 17.1 Å². The second kappa shape index (κ2) is 9.24. The van der Waals surface area contributed by atoms with Crippen molar-refractivity contribution in [3.8, 4) is 5.75 Å². The van der Waals surface area contributed by atoms with Crippen LogP contribution in [-0.2, 0) is 14.8 Å². The lowest BCUT2D eigenvalue weighted by Crippen LogP contribution is -2.14. The van der Waals surface area contributed by atoms with Crippen LogP contribution in [0.5, 0.6) is 5.75 Å². The number of nitrogens with one attached hydrogen (secondary N) is 2. The summed E-state index contributed by atoms with van der Waals surface area (Å²) < 4.78 is 32.4. The van der Waals surface area contributed by atoms with Gasteiger partial charge < -0.3 is 10.1 Å². The minimum absolute atomic E-state index is 0.0644. The lowest BCUT2D eigenvalue weighted by Gasteiger charge is -2.10. The van der Waals surface area contributed by atoms with Gasteiger partial charge in [0.15, 0.2) is 0 Å². The number of carbonyl (C=O) groups is 1. The molecule has 0 fully saturated rings. The molecule has 140 valence electrons. The van der Waals surface area contributed by atoms with E-state index in [9.17, 15) is 13.2 Å². The van der Waals surface area contributed by atoms with Crippen molar-refractivity contribution < 1.29 is 17.9 Å². The van der Waals surface area contributed by atoms with Crippen LogP contribution in [0.1, 0.15) is 32.6 Å². The first-order valence-electron chi connectivity index (χ1n) is 8.51. The zero-order chi connectivity index (χ0) is 19.0. The summed E-state index contributed by atoms with van der Waals surface area (Å²) in [4.78, 5) is 11.9. The van der Waals surface area contributed by atoms with Crippen molar-refractivity contribution in [2.24, 2.45) is 0 Å². The van der Waals surface area contributed by atoms with E-state index in [4.69, 9.17) is 4.74 Å². The van der Waals surface area contributed by atoms with Gasteiger partial charge in [0.2, 0.25) is 5.91 Å². The Labute approximate surface area is 154 Å². The third-order valence-electron chi connectivity index (χ3n) is 3.80. The molecule has 6 nitrogen and oxygen atoms in total. The Balaban J connectivity index is 2.00. The molecule has 2 N–H and O–H groups in total. The van der Waals surface area contributed by atoms with Gasteiger partial charge in [-0.2, -0.15) is 0 Å². The highest BCUT2D eigenvalue weighted by molar-refractivity contribution is 7.92. The van der Waals surface area contributed by atoms with E-state index >= 15 is 0 Å². The predicted octanol–water partition coefficient (Wildman–Crippen LogP) is 4.01. The Bertz CT molecular complexity index is 816. The normalized spacial score (nSPS) is 11.0. The standard InChI is InChI=1S/C19H24N2O4S/c1-3-4-5-6-19(22)20-15-9-13-18(14-10-15)26(23,24)21-16-7-11-17(25-2)12-8-16/h7-14,21H,3-6H2,1-2H3,(H,20,22). The molecule has 0 saturated carbocycles. The highest BCUT2D eigenvalue weighted by Gasteiger charge is 2.14. The zero-order valence-electron chi connectivity index (χ0n) is 15.0. The van der Waals surface area contributed by atoms with E-state index in [1.165, 1.54) is 12.1 Å². The predicted molar refractivity (Wildman–Crippen MR) is 103 cm³/mol. The van der Waals surface area contributed by atoms with Gasteiger partial charge in [0.25, 0.3) is 10.0 Å². The third-order valence-corrected chi connectivity index (χ3v) is 5.20. The maximum atomic E-state index is 12.4. The fourth-order valence-corrected chi connectivity index (χ4v) is 3.41. The number of carbonyl (C=O) groups excluding carboxylic acids is 1. The molecule has 7 heteroatoms. The van der Waals surface area contributed by atoms with Crippen LogP contribution in [-0.4, -0.2) is 21.4 Å². The molecule has 0 radical (unpaired) electrons. The summed E-state index contributed by atoms with van der Waals surface area (Å²) in [7, 11) is -2.15. The van der Waals surface area contributed by atoms with Crippen molar-refractivity contribution in [2.45, 2.75) is 37.5 Å². The van der Waals surface area contributed by atoms with Crippen LogP contribution in [0, 0.1) is 0 Å². The Hall–Kier alpha value is -2.54. The number of hydrogen-bond acceptors (Lipinski definition) is 4. The number of methoxy groups -OCH3 is 1. The van der Waals surface area contributed by atoms with Gasteiger partial charge in [-0.15, -0.1) is 0 Å². The van der Waals surface area contributed by atoms with E-state index in [2.05, 4.69) is 17.0 Å². The molecule has 0 saturated heterocycles. The van der Waals surface area contributed by atoms with E-state index < -0.39 is 10.0 Å². The number of unbranched alkanes of at least 4 members (excludes halogenated alkanes) is 2. The van der Waals surface area contributed by atoms with E-state index in [0.717, 1.165) is 19.3 Å². The van der Waals surface area contributed by atoms with E-state index in [0.29, 0.717) is 23.5 Å². The molecule has 0 aliphatic heterocycles. The number of hydrogen-bond donors (Lipinski definition) is 2. The molecule has 0 aliphatic rings. The molecule has 0 unspecified atom stereocenters. The lowest BCUT2D eigenvalue weighted by atomic mass is 10.2. The molecule has 1 amide bonds. The van der Waals surface area contributed by atoms with Crippen molar-refractivity contribution in [1.29, 1.82) is 0 Å². The topological polar surface area (TPSA) is 84.5 Å². The lowest BCUT2D eigenvalue weighted by molar-refractivity contribution is -0.116. The summed E-state index contributed by atoms with van der Waals surface area (Å²) in [6.07, 6.45) is 3.39. The number of benzene rings is 2. The molecule has 0 spiro atoms. The van der Waals surface area contributed by atoms with Crippen LogP contribution < -0.4 is 14.8 Å². The van der Waals surface area contributed by atoms with Crippen molar-refractivity contribution in [3.05, 3.63) is 48.5 Å². The number of rotatable bonds is 9. The highest BCUT2D eigenvalue weighted by Crippen LogP contribution is 2.20. The maximum Gasteiger partial charge on any atom is 0.261 e. The molecule has 0 aromatic heterocycles. The van der Waals surface area contributed by atoms with Crippen LogP contribution in [0.25, 0.3) is 0 Å². The fourth-order valence-electron chi connectivity index (χ4n) is 2.35. The number of amides is 1. The van der Waals surface area contributed by atoms with Crippen molar-refractivity contribution in [3.63, 3.8) is 0 Å². The molecule has 2 aromatic carbocycles. The summed E-state index contributed by atoms with van der Waals surface area (Å²) >= 11 is 0. The second-order valence-electron chi connectivity index (χ2n) is 5.86. The largest absolute Gasteiger partial charge is 0.497 e. The molecule has 0 aliphatic carbocycles. The summed E-state index contributed by atoms with van der Waals surface area (Å²) in [5, 5.41) is 2.77. The van der Waals surface area contributed by atoms with Gasteiger partial charge in [-0.05, 0) is 55.0 Å². The Morgan fingerprint density at radius 2 is 1.58 bits per heavy atom. The van der Waals surface area contributed by atoms with Gasteiger partial charge >= 0.3 is 0 Å². The Morgan fingerprint density at radius 1 is 0.962 bits per heavy atom. The van der Waals surface area contributed by atoms with E-state index in [1.54, 1.807) is 43.5 Å². The minimum atomic E-state index is -3.70. The molecular weight excluding hydrogens is 352 g/mol. The molecule has 0 atom stereocenters. The molecule has 2 aromatic rings.